The Morgan fingerprint density at radius 3 is 2.19 bits per heavy atom. The molecule has 0 bridgehead atoms. The average Bonchev–Trinajstić information content (AvgIpc) is 3.13. The third-order valence-electron chi connectivity index (χ3n) is 7.55. The van der Waals surface area contributed by atoms with E-state index in [0.717, 1.165) is 38.3 Å². The molecule has 1 aromatic rings. The molecule has 2 aliphatic carbocycles. The van der Waals surface area contributed by atoms with Gasteiger partial charge in [0.1, 0.15) is 0 Å². The van der Waals surface area contributed by atoms with Crippen LogP contribution in [0.1, 0.15) is 81.9 Å². The molecule has 0 unspecified atom stereocenters. The first-order chi connectivity index (χ1) is 13.4. The highest BCUT2D eigenvalue weighted by molar-refractivity contribution is 5.52. The van der Waals surface area contributed by atoms with Gasteiger partial charge in [0.2, 0.25) is 0 Å². The molecule has 3 heterocycles. The summed E-state index contributed by atoms with van der Waals surface area (Å²) in [5, 5.41) is 5.19. The zero-order chi connectivity index (χ0) is 18.1. The fraction of sp³-hybridized carbons (Fsp3) is 0.864. The van der Waals surface area contributed by atoms with Crippen molar-refractivity contribution in [3.63, 3.8) is 0 Å². The SMILES string of the molecule is c1c(N2CCC(N3CCOCC3)CC2)c(C2CCC2)nn1C1CCCCC1. The number of rotatable bonds is 4. The smallest absolute Gasteiger partial charge is 0.0888 e. The third-order valence-corrected chi connectivity index (χ3v) is 7.55. The molecular weight excluding hydrogens is 336 g/mol. The van der Waals surface area contributed by atoms with Crippen LogP contribution in [-0.2, 0) is 4.74 Å². The molecular formula is C22H36N4O. The normalized spacial score (nSPS) is 27.0. The van der Waals surface area contributed by atoms with Gasteiger partial charge in [-0.25, -0.2) is 0 Å². The highest BCUT2D eigenvalue weighted by Gasteiger charge is 2.32. The average molecular weight is 373 g/mol. The van der Waals surface area contributed by atoms with Gasteiger partial charge in [0.15, 0.2) is 0 Å². The number of anilines is 1. The number of hydrogen-bond acceptors (Lipinski definition) is 4. The zero-order valence-electron chi connectivity index (χ0n) is 16.8. The number of piperidine rings is 1. The first-order valence-electron chi connectivity index (χ1n) is 11.5. The number of morpholine rings is 1. The summed E-state index contributed by atoms with van der Waals surface area (Å²) in [5.41, 5.74) is 2.90. The van der Waals surface area contributed by atoms with E-state index >= 15 is 0 Å². The summed E-state index contributed by atoms with van der Waals surface area (Å²) in [5.74, 6) is 0.724. The standard InChI is InChI=1S/C22H36N4O/c1-2-7-20(8-3-1)26-17-21(22(23-26)18-5-4-6-18)25-11-9-19(10-12-25)24-13-15-27-16-14-24/h17-20H,1-16H2. The Bertz CT molecular complexity index is 606. The van der Waals surface area contributed by atoms with Crippen molar-refractivity contribution >= 4 is 5.69 Å². The molecule has 0 amide bonds. The van der Waals surface area contributed by atoms with Gasteiger partial charge in [-0.2, -0.15) is 5.10 Å². The molecule has 0 spiro atoms. The molecule has 0 N–H and O–H groups in total. The maximum atomic E-state index is 5.54. The van der Waals surface area contributed by atoms with E-state index in [0.29, 0.717) is 6.04 Å². The summed E-state index contributed by atoms with van der Waals surface area (Å²) in [7, 11) is 0. The number of nitrogens with zero attached hydrogens (tertiary/aromatic N) is 4. The van der Waals surface area contributed by atoms with E-state index in [4.69, 9.17) is 9.84 Å². The van der Waals surface area contributed by atoms with Crippen LogP contribution in [0.15, 0.2) is 6.20 Å². The van der Waals surface area contributed by atoms with Crippen molar-refractivity contribution in [2.24, 2.45) is 0 Å². The first-order valence-corrected chi connectivity index (χ1v) is 11.5. The molecule has 150 valence electrons. The van der Waals surface area contributed by atoms with Crippen molar-refractivity contribution in [3.8, 4) is 0 Å². The van der Waals surface area contributed by atoms with Crippen molar-refractivity contribution in [2.45, 2.75) is 82.2 Å². The first kappa shape index (κ1) is 18.0. The quantitative estimate of drug-likeness (QED) is 0.801. The van der Waals surface area contributed by atoms with Crippen LogP contribution in [0.4, 0.5) is 5.69 Å². The Hall–Kier alpha value is -1.07. The summed E-state index contributed by atoms with van der Waals surface area (Å²) >= 11 is 0. The molecule has 2 aliphatic heterocycles. The van der Waals surface area contributed by atoms with Crippen LogP contribution in [0.2, 0.25) is 0 Å². The van der Waals surface area contributed by atoms with Gasteiger partial charge < -0.3 is 9.64 Å². The molecule has 4 fully saturated rings. The van der Waals surface area contributed by atoms with Crippen LogP contribution in [0, 0.1) is 0 Å². The molecule has 5 heteroatoms. The molecule has 2 saturated carbocycles. The largest absolute Gasteiger partial charge is 0.379 e. The fourth-order valence-electron chi connectivity index (χ4n) is 5.56. The Morgan fingerprint density at radius 1 is 0.778 bits per heavy atom. The maximum Gasteiger partial charge on any atom is 0.0888 e. The predicted molar refractivity (Wildman–Crippen MR) is 109 cm³/mol. The van der Waals surface area contributed by atoms with E-state index in [1.54, 1.807) is 0 Å². The highest BCUT2D eigenvalue weighted by Crippen LogP contribution is 2.42. The number of aromatic nitrogens is 2. The van der Waals surface area contributed by atoms with Crippen LogP contribution in [-0.4, -0.2) is 60.1 Å². The van der Waals surface area contributed by atoms with Crippen molar-refractivity contribution in [2.75, 3.05) is 44.3 Å². The summed E-state index contributed by atoms with van der Waals surface area (Å²) in [6.07, 6.45) is 15.9. The molecule has 0 aromatic carbocycles. The van der Waals surface area contributed by atoms with Gasteiger partial charge in [0.25, 0.3) is 0 Å². The van der Waals surface area contributed by atoms with Gasteiger partial charge in [-0.15, -0.1) is 0 Å². The lowest BCUT2D eigenvalue weighted by molar-refractivity contribution is 0.0115. The van der Waals surface area contributed by atoms with E-state index in [2.05, 4.69) is 20.7 Å². The second-order valence-electron chi connectivity index (χ2n) is 9.17. The van der Waals surface area contributed by atoms with E-state index in [1.807, 2.05) is 0 Å². The molecule has 0 radical (unpaired) electrons. The molecule has 0 atom stereocenters. The second kappa shape index (κ2) is 8.12. The third kappa shape index (κ3) is 3.77. The topological polar surface area (TPSA) is 33.5 Å². The maximum absolute atomic E-state index is 5.54. The van der Waals surface area contributed by atoms with Crippen LogP contribution in [0.25, 0.3) is 0 Å². The minimum Gasteiger partial charge on any atom is -0.379 e. The molecule has 5 rings (SSSR count). The molecule has 4 aliphatic rings. The monoisotopic (exact) mass is 372 g/mol. The van der Waals surface area contributed by atoms with Gasteiger partial charge in [-0.1, -0.05) is 25.7 Å². The molecule has 27 heavy (non-hydrogen) atoms. The lowest BCUT2D eigenvalue weighted by Crippen LogP contribution is -2.49. The van der Waals surface area contributed by atoms with Gasteiger partial charge in [0.05, 0.1) is 30.6 Å². The van der Waals surface area contributed by atoms with Gasteiger partial charge in [-0.3, -0.25) is 9.58 Å². The van der Waals surface area contributed by atoms with Crippen molar-refractivity contribution in [3.05, 3.63) is 11.9 Å². The Labute approximate surface area is 164 Å². The van der Waals surface area contributed by atoms with Crippen LogP contribution >= 0.6 is 0 Å². The number of hydrogen-bond donors (Lipinski definition) is 0. The second-order valence-corrected chi connectivity index (χ2v) is 9.17. The zero-order valence-corrected chi connectivity index (χ0v) is 16.8. The van der Waals surface area contributed by atoms with Crippen molar-refractivity contribution < 1.29 is 4.74 Å². The Balaban J connectivity index is 1.29. The van der Waals surface area contributed by atoms with Crippen LogP contribution in [0.3, 0.4) is 0 Å². The summed E-state index contributed by atoms with van der Waals surface area (Å²) in [6, 6.07) is 1.41. The van der Waals surface area contributed by atoms with E-state index in [9.17, 15) is 0 Å². The predicted octanol–water partition coefficient (Wildman–Crippen LogP) is 3.96. The Kier molecular flexibility index (Phi) is 5.41. The number of ether oxygens (including phenoxy) is 1. The lowest BCUT2D eigenvalue weighted by atomic mass is 9.82. The molecule has 1 aromatic heterocycles. The van der Waals surface area contributed by atoms with E-state index in [-0.39, 0.29) is 0 Å². The van der Waals surface area contributed by atoms with E-state index < -0.39 is 0 Å². The van der Waals surface area contributed by atoms with Crippen LogP contribution in [0.5, 0.6) is 0 Å². The van der Waals surface area contributed by atoms with Gasteiger partial charge in [0, 0.05) is 44.3 Å². The summed E-state index contributed by atoms with van der Waals surface area (Å²) in [4.78, 5) is 5.33. The Morgan fingerprint density at radius 2 is 1.52 bits per heavy atom. The van der Waals surface area contributed by atoms with E-state index in [1.165, 1.54) is 88.7 Å². The molecule has 2 saturated heterocycles. The molecule has 5 nitrogen and oxygen atoms in total. The lowest BCUT2D eigenvalue weighted by Gasteiger charge is -2.41. The van der Waals surface area contributed by atoms with Crippen LogP contribution < -0.4 is 4.90 Å². The van der Waals surface area contributed by atoms with Crippen molar-refractivity contribution in [1.29, 1.82) is 0 Å². The van der Waals surface area contributed by atoms with Gasteiger partial charge >= 0.3 is 0 Å². The minimum absolute atomic E-state index is 0.650. The highest BCUT2D eigenvalue weighted by atomic mass is 16.5. The van der Waals surface area contributed by atoms with Gasteiger partial charge in [-0.05, 0) is 38.5 Å². The fourth-order valence-corrected chi connectivity index (χ4v) is 5.56. The minimum atomic E-state index is 0.650. The summed E-state index contributed by atoms with van der Waals surface area (Å²) in [6.45, 7) is 6.46. The van der Waals surface area contributed by atoms with Crippen molar-refractivity contribution in [1.82, 2.24) is 14.7 Å². The summed E-state index contributed by atoms with van der Waals surface area (Å²) < 4.78 is 7.91.